The third-order valence-corrected chi connectivity index (χ3v) is 13.0. The fourth-order valence-corrected chi connectivity index (χ4v) is 10.2. The summed E-state index contributed by atoms with van der Waals surface area (Å²) in [6, 6.07) is 56.6. The average molecular weight is 848 g/mol. The zero-order valence-electron chi connectivity index (χ0n) is 34.5. The van der Waals surface area contributed by atoms with Crippen molar-refractivity contribution in [3.05, 3.63) is 198 Å². The number of fused-ring (bicyclic) bond motifs is 14. The minimum Gasteiger partial charge on any atom is -0.455 e. The van der Waals surface area contributed by atoms with Gasteiger partial charge in [-0.2, -0.15) is 13.2 Å². The van der Waals surface area contributed by atoms with Gasteiger partial charge in [-0.05, 0) is 120 Å². The highest BCUT2D eigenvalue weighted by Crippen LogP contribution is 2.47. The summed E-state index contributed by atoms with van der Waals surface area (Å²) in [5, 5.41) is 8.02. The number of benzene rings is 9. The molecule has 308 valence electrons. The lowest BCUT2D eigenvalue weighted by atomic mass is 9.94. The smallest absolute Gasteiger partial charge is 0.416 e. The van der Waals surface area contributed by atoms with Crippen LogP contribution in [0.2, 0.25) is 0 Å². The van der Waals surface area contributed by atoms with Gasteiger partial charge in [0.05, 0.1) is 50.7 Å². The Bertz CT molecular complexity index is 4210. The summed E-state index contributed by atoms with van der Waals surface area (Å²) in [7, 11) is 0. The van der Waals surface area contributed by atoms with Crippen molar-refractivity contribution in [1.29, 1.82) is 0 Å². The Kier molecular flexibility index (Phi) is 7.68. The topological polar surface area (TPSA) is 40.5 Å². The molecule has 9 aromatic carbocycles. The summed E-state index contributed by atoms with van der Waals surface area (Å²) < 4.78 is 60.6. The molecule has 4 heterocycles. The Labute approximate surface area is 368 Å². The Hall–Kier alpha value is -8.54. The minimum atomic E-state index is -4.53. The summed E-state index contributed by atoms with van der Waals surface area (Å²) >= 11 is 0. The lowest BCUT2D eigenvalue weighted by Crippen LogP contribution is -2.05. The van der Waals surface area contributed by atoms with Gasteiger partial charge in [0.25, 0.3) is 0 Å². The van der Waals surface area contributed by atoms with E-state index in [4.69, 9.17) is 15.4 Å². The quantitative estimate of drug-likeness (QED) is 0.166. The van der Waals surface area contributed by atoms with Crippen LogP contribution in [0.25, 0.3) is 126 Å². The lowest BCUT2D eigenvalue weighted by Gasteiger charge is -2.19. The second-order valence-electron chi connectivity index (χ2n) is 16.7. The van der Waals surface area contributed by atoms with Gasteiger partial charge in [-0.15, -0.1) is 0 Å². The van der Waals surface area contributed by atoms with Crippen LogP contribution in [0.5, 0.6) is 0 Å². The van der Waals surface area contributed by atoms with Gasteiger partial charge in [0.15, 0.2) is 5.69 Å². The molecule has 5 nitrogen and oxygen atoms in total. The first-order chi connectivity index (χ1) is 31.7. The van der Waals surface area contributed by atoms with E-state index in [1.165, 1.54) is 12.1 Å². The van der Waals surface area contributed by atoms with Gasteiger partial charge in [0.1, 0.15) is 22.3 Å². The van der Waals surface area contributed by atoms with E-state index in [1.807, 2.05) is 97.1 Å². The molecule has 13 aromatic rings. The monoisotopic (exact) mass is 847 g/mol. The van der Waals surface area contributed by atoms with Crippen molar-refractivity contribution in [3.63, 3.8) is 0 Å². The molecule has 0 spiro atoms. The molecule has 0 saturated heterocycles. The van der Waals surface area contributed by atoms with Crippen molar-refractivity contribution in [3.8, 4) is 33.6 Å². The number of para-hydroxylation sites is 4. The Morgan fingerprint density at radius 3 is 1.66 bits per heavy atom. The molecule has 0 saturated carbocycles. The zero-order valence-corrected chi connectivity index (χ0v) is 34.5. The molecule has 65 heavy (non-hydrogen) atoms. The van der Waals surface area contributed by atoms with Crippen LogP contribution in [0.15, 0.2) is 185 Å². The Morgan fingerprint density at radius 1 is 0.477 bits per heavy atom. The first-order valence-corrected chi connectivity index (χ1v) is 21.3. The molecular formula is C57H32F3N3O2. The van der Waals surface area contributed by atoms with E-state index in [1.54, 1.807) is 13.0 Å². The maximum Gasteiger partial charge on any atom is 0.416 e. The number of halogens is 3. The summed E-state index contributed by atoms with van der Waals surface area (Å²) in [6.45, 7) is 10.2. The third kappa shape index (κ3) is 5.39. The van der Waals surface area contributed by atoms with Crippen molar-refractivity contribution < 1.29 is 22.0 Å². The van der Waals surface area contributed by atoms with Crippen molar-refractivity contribution in [2.45, 2.75) is 13.1 Å². The molecule has 0 aliphatic rings. The second-order valence-corrected chi connectivity index (χ2v) is 16.7. The fraction of sp³-hybridized carbons (Fsp3) is 0.0351. The SMILES string of the molecule is [C-]#[N+]c1ccc(-n2c3ccccc3c3c4oc5ccccc5c4ccc32)cc1-c1cc(-c2cc(C)cc(C(F)(F)F)c2)ccc1-n1c2ccccc2c2c3oc4ccccc4c3ccc21. The first kappa shape index (κ1) is 37.1. The molecule has 0 N–H and O–H groups in total. The molecule has 0 unspecified atom stereocenters. The normalized spacial score (nSPS) is 12.3. The lowest BCUT2D eigenvalue weighted by molar-refractivity contribution is -0.137. The van der Waals surface area contributed by atoms with E-state index in [9.17, 15) is 13.2 Å². The van der Waals surface area contributed by atoms with Crippen LogP contribution in [0.3, 0.4) is 0 Å². The van der Waals surface area contributed by atoms with Gasteiger partial charge in [-0.1, -0.05) is 91.0 Å². The second kappa shape index (κ2) is 13.5. The highest BCUT2D eigenvalue weighted by Gasteiger charge is 2.31. The summed E-state index contributed by atoms with van der Waals surface area (Å²) in [5.41, 5.74) is 10.9. The molecule has 0 amide bonds. The van der Waals surface area contributed by atoms with Gasteiger partial charge in [-0.25, -0.2) is 4.85 Å². The summed E-state index contributed by atoms with van der Waals surface area (Å²) in [5.74, 6) is 0. The van der Waals surface area contributed by atoms with Crippen molar-refractivity contribution in [1.82, 2.24) is 9.13 Å². The number of alkyl halides is 3. The van der Waals surface area contributed by atoms with E-state index in [0.717, 1.165) is 98.9 Å². The molecule has 13 rings (SSSR count). The predicted octanol–water partition coefficient (Wildman–Crippen LogP) is 16.9. The predicted molar refractivity (Wildman–Crippen MR) is 257 cm³/mol. The maximum atomic E-state index is 14.3. The fourth-order valence-electron chi connectivity index (χ4n) is 10.2. The standard InChI is InChI=1S/C57H32F3N3O2/c1-32-27-34(29-35(28-32)57(58,59)60)33-19-24-48(63-47-16-8-4-14-42(47)54-50(63)26-22-40-38-12-6-10-18-52(38)65-56(40)54)44(30-33)43-31-36(20-23-45(43)61-2)62-46-15-7-3-13-41(46)53-49(62)25-21-39-37-11-5-9-17-51(37)64-55(39)53/h3-31H,1H3. The van der Waals surface area contributed by atoms with E-state index in [-0.39, 0.29) is 0 Å². The molecular weight excluding hydrogens is 816 g/mol. The minimum absolute atomic E-state index is 0.397. The average Bonchev–Trinajstić information content (AvgIpc) is 4.08. The number of nitrogens with zero attached hydrogens (tertiary/aromatic N) is 3. The number of aryl methyl sites for hydroxylation is 1. The van der Waals surface area contributed by atoms with E-state index >= 15 is 0 Å². The van der Waals surface area contributed by atoms with Crippen LogP contribution >= 0.6 is 0 Å². The zero-order chi connectivity index (χ0) is 43.7. The molecule has 4 aromatic heterocycles. The number of furan rings is 2. The van der Waals surface area contributed by atoms with Crippen LogP contribution < -0.4 is 0 Å². The van der Waals surface area contributed by atoms with Crippen LogP contribution in [-0.2, 0) is 6.18 Å². The van der Waals surface area contributed by atoms with Gasteiger partial charge < -0.3 is 18.0 Å². The van der Waals surface area contributed by atoms with Gasteiger partial charge in [0, 0.05) is 38.0 Å². The number of aromatic nitrogens is 2. The molecule has 0 radical (unpaired) electrons. The molecule has 0 fully saturated rings. The van der Waals surface area contributed by atoms with Crippen molar-refractivity contribution >= 4 is 93.2 Å². The molecule has 0 aliphatic carbocycles. The summed E-state index contributed by atoms with van der Waals surface area (Å²) in [6.07, 6.45) is -4.53. The van der Waals surface area contributed by atoms with Crippen molar-refractivity contribution in [2.75, 3.05) is 0 Å². The third-order valence-electron chi connectivity index (χ3n) is 13.0. The first-order valence-electron chi connectivity index (χ1n) is 21.3. The van der Waals surface area contributed by atoms with Gasteiger partial charge >= 0.3 is 6.18 Å². The molecule has 8 heteroatoms. The number of rotatable bonds is 4. The van der Waals surface area contributed by atoms with Crippen LogP contribution in [0, 0.1) is 13.5 Å². The highest BCUT2D eigenvalue weighted by atomic mass is 19.4. The largest absolute Gasteiger partial charge is 0.455 e. The van der Waals surface area contributed by atoms with Crippen LogP contribution in [0.1, 0.15) is 11.1 Å². The van der Waals surface area contributed by atoms with E-state index in [2.05, 4.69) is 74.6 Å². The van der Waals surface area contributed by atoms with Gasteiger partial charge in [-0.3, -0.25) is 0 Å². The molecule has 0 aliphatic heterocycles. The summed E-state index contributed by atoms with van der Waals surface area (Å²) in [4.78, 5) is 4.09. The Morgan fingerprint density at radius 2 is 1.05 bits per heavy atom. The Balaban J connectivity index is 1.12. The van der Waals surface area contributed by atoms with E-state index in [0.29, 0.717) is 33.5 Å². The van der Waals surface area contributed by atoms with E-state index < -0.39 is 11.7 Å². The maximum absolute atomic E-state index is 14.3. The highest BCUT2D eigenvalue weighted by molar-refractivity contribution is 6.25. The van der Waals surface area contributed by atoms with Gasteiger partial charge in [0.2, 0.25) is 0 Å². The number of hydrogen-bond donors (Lipinski definition) is 0. The molecule has 0 bridgehead atoms. The van der Waals surface area contributed by atoms with Crippen LogP contribution in [-0.4, -0.2) is 9.13 Å². The number of hydrogen-bond acceptors (Lipinski definition) is 2. The van der Waals surface area contributed by atoms with Crippen LogP contribution in [0.4, 0.5) is 18.9 Å². The molecule has 0 atom stereocenters. The van der Waals surface area contributed by atoms with Crippen molar-refractivity contribution in [2.24, 2.45) is 0 Å².